The average molecular weight is 262 g/mol. The molecule has 0 aliphatic rings. The summed E-state index contributed by atoms with van der Waals surface area (Å²) in [6, 6.07) is 7.08. The van der Waals surface area contributed by atoms with Gasteiger partial charge in [0.25, 0.3) is 5.91 Å². The number of hydrogen-bond acceptors (Lipinski definition) is 4. The summed E-state index contributed by atoms with van der Waals surface area (Å²) in [5.74, 6) is 0.988. The van der Waals surface area contributed by atoms with E-state index in [9.17, 15) is 4.79 Å². The van der Waals surface area contributed by atoms with Crippen molar-refractivity contribution in [2.45, 2.75) is 13.3 Å². The SMILES string of the molecule is CCN(CCC#N)C(=O)c1ccc(OC)c(OC)c1. The molecule has 19 heavy (non-hydrogen) atoms. The van der Waals surface area contributed by atoms with Gasteiger partial charge in [0.15, 0.2) is 11.5 Å². The van der Waals surface area contributed by atoms with E-state index < -0.39 is 0 Å². The van der Waals surface area contributed by atoms with Crippen LogP contribution in [0.4, 0.5) is 0 Å². The number of ether oxygens (including phenoxy) is 2. The maximum atomic E-state index is 12.3. The van der Waals surface area contributed by atoms with Crippen LogP contribution in [0.5, 0.6) is 11.5 Å². The third-order valence-electron chi connectivity index (χ3n) is 2.79. The van der Waals surface area contributed by atoms with E-state index in [1.165, 1.54) is 7.11 Å². The molecule has 0 spiro atoms. The Labute approximate surface area is 113 Å². The van der Waals surface area contributed by atoms with Crippen LogP contribution in [0.25, 0.3) is 0 Å². The second-order valence-electron chi connectivity index (χ2n) is 3.86. The lowest BCUT2D eigenvalue weighted by atomic mass is 10.1. The molecule has 1 amide bonds. The Morgan fingerprint density at radius 2 is 2.00 bits per heavy atom. The van der Waals surface area contributed by atoms with Gasteiger partial charge in [0.2, 0.25) is 0 Å². The number of benzene rings is 1. The highest BCUT2D eigenvalue weighted by Gasteiger charge is 2.16. The standard InChI is InChI=1S/C14H18N2O3/c1-4-16(9-5-8-15)14(17)11-6-7-12(18-2)13(10-11)19-3/h6-7,10H,4-5,9H2,1-3H3. The van der Waals surface area contributed by atoms with Crippen molar-refractivity contribution in [3.05, 3.63) is 23.8 Å². The third kappa shape index (κ3) is 3.62. The predicted molar refractivity (Wildman–Crippen MR) is 71.4 cm³/mol. The van der Waals surface area contributed by atoms with Gasteiger partial charge in [-0.2, -0.15) is 5.26 Å². The van der Waals surface area contributed by atoms with E-state index in [2.05, 4.69) is 0 Å². The molecule has 0 atom stereocenters. The number of carbonyl (C=O) groups excluding carboxylic acids is 1. The zero-order valence-electron chi connectivity index (χ0n) is 11.5. The maximum Gasteiger partial charge on any atom is 0.254 e. The van der Waals surface area contributed by atoms with Crippen LogP contribution in [0.15, 0.2) is 18.2 Å². The third-order valence-corrected chi connectivity index (χ3v) is 2.79. The van der Waals surface area contributed by atoms with Crippen LogP contribution < -0.4 is 9.47 Å². The molecule has 0 saturated heterocycles. The van der Waals surface area contributed by atoms with Crippen molar-refractivity contribution in [1.82, 2.24) is 4.90 Å². The van der Waals surface area contributed by atoms with Gasteiger partial charge in [-0.15, -0.1) is 0 Å². The van der Waals surface area contributed by atoms with Gasteiger partial charge in [-0.3, -0.25) is 4.79 Å². The second kappa shape index (κ2) is 7.27. The topological polar surface area (TPSA) is 62.6 Å². The van der Waals surface area contributed by atoms with Crippen molar-refractivity contribution in [2.24, 2.45) is 0 Å². The molecule has 5 nitrogen and oxygen atoms in total. The lowest BCUT2D eigenvalue weighted by Crippen LogP contribution is -2.31. The Bertz CT molecular complexity index is 480. The summed E-state index contributed by atoms with van der Waals surface area (Å²) in [7, 11) is 3.07. The molecule has 0 unspecified atom stereocenters. The van der Waals surface area contributed by atoms with E-state index in [0.717, 1.165) is 0 Å². The minimum Gasteiger partial charge on any atom is -0.493 e. The molecule has 0 aliphatic heterocycles. The predicted octanol–water partition coefficient (Wildman–Crippen LogP) is 2.08. The molecule has 0 N–H and O–H groups in total. The molecule has 0 aliphatic carbocycles. The van der Waals surface area contributed by atoms with E-state index in [0.29, 0.717) is 36.6 Å². The van der Waals surface area contributed by atoms with Crippen LogP contribution in [-0.4, -0.2) is 38.1 Å². The van der Waals surface area contributed by atoms with Crippen LogP contribution in [0.1, 0.15) is 23.7 Å². The van der Waals surface area contributed by atoms with Gasteiger partial charge in [-0.25, -0.2) is 0 Å². The first kappa shape index (κ1) is 14.8. The first-order valence-electron chi connectivity index (χ1n) is 6.06. The number of carbonyl (C=O) groups is 1. The van der Waals surface area contributed by atoms with Crippen LogP contribution in [0.3, 0.4) is 0 Å². The highest BCUT2D eigenvalue weighted by atomic mass is 16.5. The van der Waals surface area contributed by atoms with Crippen LogP contribution in [0, 0.1) is 11.3 Å². The zero-order chi connectivity index (χ0) is 14.3. The summed E-state index contributed by atoms with van der Waals surface area (Å²) in [5.41, 5.74) is 0.525. The summed E-state index contributed by atoms with van der Waals surface area (Å²) < 4.78 is 10.3. The molecule has 1 rings (SSSR count). The van der Waals surface area contributed by atoms with Crippen molar-refractivity contribution < 1.29 is 14.3 Å². The molecule has 1 aromatic rings. The number of nitrogens with zero attached hydrogens (tertiary/aromatic N) is 2. The van der Waals surface area contributed by atoms with Gasteiger partial charge in [0.05, 0.1) is 26.7 Å². The van der Waals surface area contributed by atoms with Crippen LogP contribution in [-0.2, 0) is 0 Å². The minimum atomic E-state index is -0.112. The van der Waals surface area contributed by atoms with Crippen LogP contribution in [0.2, 0.25) is 0 Å². The smallest absolute Gasteiger partial charge is 0.254 e. The number of amides is 1. The Morgan fingerprint density at radius 1 is 1.32 bits per heavy atom. The lowest BCUT2D eigenvalue weighted by Gasteiger charge is -2.20. The van der Waals surface area contributed by atoms with Crippen molar-refractivity contribution >= 4 is 5.91 Å². The molecule has 0 aromatic heterocycles. The number of nitriles is 1. The van der Waals surface area contributed by atoms with E-state index in [1.54, 1.807) is 30.2 Å². The molecule has 5 heteroatoms. The first-order chi connectivity index (χ1) is 9.17. The Kier molecular flexibility index (Phi) is 5.68. The van der Waals surface area contributed by atoms with Gasteiger partial charge in [-0.05, 0) is 25.1 Å². The molecule has 0 radical (unpaired) electrons. The number of hydrogen-bond donors (Lipinski definition) is 0. The summed E-state index contributed by atoms with van der Waals surface area (Å²) in [6.45, 7) is 2.88. The molecular formula is C14H18N2O3. The molecule has 0 fully saturated rings. The van der Waals surface area contributed by atoms with Gasteiger partial charge in [0, 0.05) is 18.7 Å². The lowest BCUT2D eigenvalue weighted by molar-refractivity contribution is 0.0767. The molecular weight excluding hydrogens is 244 g/mol. The van der Waals surface area contributed by atoms with Crippen molar-refractivity contribution in [3.8, 4) is 17.6 Å². The van der Waals surface area contributed by atoms with Gasteiger partial charge >= 0.3 is 0 Å². The number of methoxy groups -OCH3 is 2. The van der Waals surface area contributed by atoms with Crippen LogP contribution >= 0.6 is 0 Å². The maximum absolute atomic E-state index is 12.3. The summed E-state index contributed by atoms with van der Waals surface area (Å²) in [5, 5.41) is 8.59. The fraction of sp³-hybridized carbons (Fsp3) is 0.429. The van der Waals surface area contributed by atoms with E-state index in [-0.39, 0.29) is 5.91 Å². The summed E-state index contributed by atoms with van der Waals surface area (Å²) >= 11 is 0. The fourth-order valence-electron chi connectivity index (χ4n) is 1.74. The largest absolute Gasteiger partial charge is 0.493 e. The summed E-state index contributed by atoms with van der Waals surface area (Å²) in [4.78, 5) is 13.9. The molecule has 0 bridgehead atoms. The van der Waals surface area contributed by atoms with E-state index in [4.69, 9.17) is 14.7 Å². The Balaban J connectivity index is 2.95. The van der Waals surface area contributed by atoms with E-state index in [1.807, 2.05) is 13.0 Å². The first-order valence-corrected chi connectivity index (χ1v) is 6.06. The van der Waals surface area contributed by atoms with E-state index >= 15 is 0 Å². The molecule has 102 valence electrons. The quantitative estimate of drug-likeness (QED) is 0.787. The molecule has 0 saturated carbocycles. The zero-order valence-corrected chi connectivity index (χ0v) is 11.5. The van der Waals surface area contributed by atoms with Gasteiger partial charge in [-0.1, -0.05) is 0 Å². The molecule has 0 heterocycles. The fourth-order valence-corrected chi connectivity index (χ4v) is 1.74. The van der Waals surface area contributed by atoms with Crippen molar-refractivity contribution in [2.75, 3.05) is 27.3 Å². The Hall–Kier alpha value is -2.22. The monoisotopic (exact) mass is 262 g/mol. The van der Waals surface area contributed by atoms with Crippen molar-refractivity contribution in [3.63, 3.8) is 0 Å². The minimum absolute atomic E-state index is 0.112. The van der Waals surface area contributed by atoms with Gasteiger partial charge < -0.3 is 14.4 Å². The normalized spacial score (nSPS) is 9.58. The average Bonchev–Trinajstić information content (AvgIpc) is 2.46. The molecule has 1 aromatic carbocycles. The Morgan fingerprint density at radius 3 is 2.53 bits per heavy atom. The second-order valence-corrected chi connectivity index (χ2v) is 3.86. The highest BCUT2D eigenvalue weighted by Crippen LogP contribution is 2.28. The highest BCUT2D eigenvalue weighted by molar-refractivity contribution is 5.94. The number of rotatable bonds is 6. The van der Waals surface area contributed by atoms with Gasteiger partial charge in [0.1, 0.15) is 0 Å². The van der Waals surface area contributed by atoms with Crippen molar-refractivity contribution in [1.29, 1.82) is 5.26 Å². The summed E-state index contributed by atoms with van der Waals surface area (Å²) in [6.07, 6.45) is 0.326.